The Morgan fingerprint density at radius 1 is 1.19 bits per heavy atom. The molecule has 1 aromatic carbocycles. The SMILES string of the molecule is Cc1nn(-c2ccccc2)c(C)c1C(=O)OCC(=O)N[C@H]1CCCC[C@H]1C. The first-order valence-corrected chi connectivity index (χ1v) is 9.55. The van der Waals surface area contributed by atoms with Crippen LogP contribution in [0.25, 0.3) is 5.69 Å². The number of carbonyl (C=O) groups excluding carboxylic acids is 2. The van der Waals surface area contributed by atoms with Crippen molar-refractivity contribution < 1.29 is 14.3 Å². The zero-order valence-corrected chi connectivity index (χ0v) is 16.2. The molecule has 0 saturated heterocycles. The fourth-order valence-electron chi connectivity index (χ4n) is 3.74. The van der Waals surface area contributed by atoms with Crippen LogP contribution in [0.5, 0.6) is 0 Å². The van der Waals surface area contributed by atoms with Crippen LogP contribution in [0.2, 0.25) is 0 Å². The topological polar surface area (TPSA) is 73.2 Å². The summed E-state index contributed by atoms with van der Waals surface area (Å²) in [5.74, 6) is -0.293. The summed E-state index contributed by atoms with van der Waals surface area (Å²) in [5, 5.41) is 7.45. The molecule has 1 N–H and O–H groups in total. The van der Waals surface area contributed by atoms with E-state index in [4.69, 9.17) is 4.74 Å². The van der Waals surface area contributed by atoms with Crippen LogP contribution in [-0.2, 0) is 9.53 Å². The van der Waals surface area contributed by atoms with Gasteiger partial charge in [0, 0.05) is 6.04 Å². The highest BCUT2D eigenvalue weighted by atomic mass is 16.5. The van der Waals surface area contributed by atoms with Crippen molar-refractivity contribution in [2.24, 2.45) is 5.92 Å². The summed E-state index contributed by atoms with van der Waals surface area (Å²) in [4.78, 5) is 24.7. The number of benzene rings is 1. The zero-order chi connectivity index (χ0) is 19.4. The second-order valence-electron chi connectivity index (χ2n) is 7.31. The number of para-hydroxylation sites is 1. The van der Waals surface area contributed by atoms with E-state index in [-0.39, 0.29) is 18.6 Å². The minimum Gasteiger partial charge on any atom is -0.452 e. The molecule has 0 bridgehead atoms. The average Bonchev–Trinajstić information content (AvgIpc) is 2.97. The van der Waals surface area contributed by atoms with E-state index in [9.17, 15) is 9.59 Å². The third-order valence-electron chi connectivity index (χ3n) is 5.29. The maximum atomic E-state index is 12.5. The molecule has 6 nitrogen and oxygen atoms in total. The number of aryl methyl sites for hydroxylation is 1. The van der Waals surface area contributed by atoms with E-state index in [0.29, 0.717) is 22.9 Å². The second-order valence-corrected chi connectivity index (χ2v) is 7.31. The van der Waals surface area contributed by atoms with Crippen molar-refractivity contribution >= 4 is 11.9 Å². The van der Waals surface area contributed by atoms with Crippen molar-refractivity contribution in [2.75, 3.05) is 6.61 Å². The average molecular weight is 369 g/mol. The molecule has 2 aromatic rings. The molecule has 27 heavy (non-hydrogen) atoms. The molecule has 1 aliphatic rings. The Bertz CT molecular complexity index is 814. The van der Waals surface area contributed by atoms with Gasteiger partial charge in [-0.1, -0.05) is 38.0 Å². The van der Waals surface area contributed by atoms with Crippen molar-refractivity contribution in [2.45, 2.75) is 52.5 Å². The monoisotopic (exact) mass is 369 g/mol. The lowest BCUT2D eigenvalue weighted by Gasteiger charge is -2.29. The van der Waals surface area contributed by atoms with Gasteiger partial charge >= 0.3 is 5.97 Å². The Balaban J connectivity index is 1.63. The van der Waals surface area contributed by atoms with E-state index in [1.54, 1.807) is 11.6 Å². The van der Waals surface area contributed by atoms with E-state index in [1.807, 2.05) is 37.3 Å². The van der Waals surface area contributed by atoms with Crippen molar-refractivity contribution in [3.63, 3.8) is 0 Å². The van der Waals surface area contributed by atoms with Gasteiger partial charge in [-0.2, -0.15) is 5.10 Å². The lowest BCUT2D eigenvalue weighted by Crippen LogP contribution is -2.42. The third-order valence-corrected chi connectivity index (χ3v) is 5.29. The molecule has 2 atom stereocenters. The van der Waals surface area contributed by atoms with Crippen LogP contribution >= 0.6 is 0 Å². The number of hydrogen-bond donors (Lipinski definition) is 1. The lowest BCUT2D eigenvalue weighted by molar-refractivity contribution is -0.125. The Morgan fingerprint density at radius 2 is 1.89 bits per heavy atom. The van der Waals surface area contributed by atoms with Gasteiger partial charge in [-0.15, -0.1) is 0 Å². The van der Waals surface area contributed by atoms with Gasteiger partial charge in [0.25, 0.3) is 5.91 Å². The predicted molar refractivity (Wildman–Crippen MR) is 103 cm³/mol. The van der Waals surface area contributed by atoms with Gasteiger partial charge in [-0.05, 0) is 44.7 Å². The Kier molecular flexibility index (Phi) is 5.94. The van der Waals surface area contributed by atoms with E-state index in [2.05, 4.69) is 17.3 Å². The van der Waals surface area contributed by atoms with Crippen molar-refractivity contribution in [3.8, 4) is 5.69 Å². The van der Waals surface area contributed by atoms with Crippen molar-refractivity contribution in [1.82, 2.24) is 15.1 Å². The first-order valence-electron chi connectivity index (χ1n) is 9.55. The molecule has 1 heterocycles. The molecule has 1 fully saturated rings. The van der Waals surface area contributed by atoms with Crippen molar-refractivity contribution in [3.05, 3.63) is 47.3 Å². The summed E-state index contributed by atoms with van der Waals surface area (Å²) in [6.45, 7) is 5.48. The van der Waals surface area contributed by atoms with Gasteiger partial charge in [-0.25, -0.2) is 9.48 Å². The number of ether oxygens (including phenoxy) is 1. The Hall–Kier alpha value is -2.63. The van der Waals surface area contributed by atoms with E-state index in [1.165, 1.54) is 6.42 Å². The molecule has 1 amide bonds. The molecule has 1 saturated carbocycles. The standard InChI is InChI=1S/C21H27N3O3/c1-14-9-7-8-12-18(14)22-19(25)13-27-21(26)20-15(2)23-24(16(20)3)17-10-5-4-6-11-17/h4-6,10-11,14,18H,7-9,12-13H2,1-3H3,(H,22,25)/t14-,18+/m1/s1. The second kappa shape index (κ2) is 8.37. The molecule has 0 radical (unpaired) electrons. The molecular weight excluding hydrogens is 342 g/mol. The van der Waals surface area contributed by atoms with Crippen LogP contribution in [0.3, 0.4) is 0 Å². The van der Waals surface area contributed by atoms with Gasteiger partial charge in [0.2, 0.25) is 0 Å². The van der Waals surface area contributed by atoms with Crippen LogP contribution in [-0.4, -0.2) is 34.3 Å². The normalized spacial score (nSPS) is 19.5. The van der Waals surface area contributed by atoms with Crippen LogP contribution in [0.1, 0.15) is 54.4 Å². The van der Waals surface area contributed by atoms with E-state index in [0.717, 1.165) is 24.9 Å². The predicted octanol–water partition coefficient (Wildman–Crippen LogP) is 3.34. The summed E-state index contributed by atoms with van der Waals surface area (Å²) in [5.41, 5.74) is 2.58. The maximum absolute atomic E-state index is 12.5. The molecule has 1 aromatic heterocycles. The minimum absolute atomic E-state index is 0.175. The quantitative estimate of drug-likeness (QED) is 0.821. The number of esters is 1. The molecule has 3 rings (SSSR count). The number of rotatable bonds is 5. The summed E-state index contributed by atoms with van der Waals surface area (Å²) in [7, 11) is 0. The van der Waals surface area contributed by atoms with Gasteiger partial charge in [0.1, 0.15) is 5.56 Å². The number of carbonyl (C=O) groups is 2. The summed E-state index contributed by atoms with van der Waals surface area (Å²) < 4.78 is 6.99. The largest absolute Gasteiger partial charge is 0.452 e. The number of hydrogen-bond acceptors (Lipinski definition) is 4. The molecule has 0 unspecified atom stereocenters. The summed E-state index contributed by atoms with van der Waals surface area (Å²) >= 11 is 0. The van der Waals surface area contributed by atoms with Crippen LogP contribution < -0.4 is 5.32 Å². The van der Waals surface area contributed by atoms with Gasteiger partial charge < -0.3 is 10.1 Å². The first kappa shape index (κ1) is 19.1. The summed E-state index contributed by atoms with van der Waals surface area (Å²) in [6.07, 6.45) is 4.46. The smallest absolute Gasteiger partial charge is 0.342 e. The summed E-state index contributed by atoms with van der Waals surface area (Å²) in [6, 6.07) is 9.78. The van der Waals surface area contributed by atoms with Crippen LogP contribution in [0.15, 0.2) is 30.3 Å². The number of nitrogens with zero attached hydrogens (tertiary/aromatic N) is 2. The number of amides is 1. The number of nitrogens with one attached hydrogen (secondary N) is 1. The van der Waals surface area contributed by atoms with Crippen LogP contribution in [0.4, 0.5) is 0 Å². The van der Waals surface area contributed by atoms with Gasteiger partial charge in [-0.3, -0.25) is 4.79 Å². The molecular formula is C21H27N3O3. The highest BCUT2D eigenvalue weighted by Gasteiger charge is 2.25. The van der Waals surface area contributed by atoms with E-state index < -0.39 is 5.97 Å². The Morgan fingerprint density at radius 3 is 2.59 bits per heavy atom. The van der Waals surface area contributed by atoms with Crippen molar-refractivity contribution in [1.29, 1.82) is 0 Å². The van der Waals surface area contributed by atoms with Crippen LogP contribution in [0, 0.1) is 19.8 Å². The Labute approximate surface area is 159 Å². The lowest BCUT2D eigenvalue weighted by atomic mass is 9.86. The zero-order valence-electron chi connectivity index (χ0n) is 16.2. The minimum atomic E-state index is -0.515. The fraction of sp³-hybridized carbons (Fsp3) is 0.476. The fourth-order valence-corrected chi connectivity index (χ4v) is 3.74. The van der Waals surface area contributed by atoms with Gasteiger partial charge in [0.15, 0.2) is 6.61 Å². The highest BCUT2D eigenvalue weighted by Crippen LogP contribution is 2.23. The molecule has 0 aliphatic heterocycles. The first-order chi connectivity index (χ1) is 13.0. The molecule has 6 heteroatoms. The van der Waals surface area contributed by atoms with Gasteiger partial charge in [0.05, 0.1) is 17.1 Å². The van der Waals surface area contributed by atoms with E-state index >= 15 is 0 Å². The molecule has 1 aliphatic carbocycles. The number of aromatic nitrogens is 2. The molecule has 144 valence electrons. The maximum Gasteiger partial charge on any atom is 0.342 e. The highest BCUT2D eigenvalue weighted by molar-refractivity contribution is 5.93. The molecule has 0 spiro atoms. The third kappa shape index (κ3) is 4.38.